The van der Waals surface area contributed by atoms with Crippen molar-refractivity contribution in [2.24, 2.45) is 5.92 Å². The van der Waals surface area contributed by atoms with Crippen molar-refractivity contribution in [3.05, 3.63) is 12.4 Å². The molecule has 1 heterocycles. The number of aromatic nitrogens is 2. The van der Waals surface area contributed by atoms with Crippen molar-refractivity contribution in [2.45, 2.75) is 26.4 Å². The van der Waals surface area contributed by atoms with Gasteiger partial charge in [0.2, 0.25) is 5.91 Å². The van der Waals surface area contributed by atoms with Gasteiger partial charge in [-0.05, 0) is 5.92 Å². The van der Waals surface area contributed by atoms with Crippen LogP contribution in [0.25, 0.3) is 0 Å². The van der Waals surface area contributed by atoms with Gasteiger partial charge in [0.15, 0.2) is 0 Å². The number of carbonyl (C=O) groups is 1. The van der Waals surface area contributed by atoms with Crippen molar-refractivity contribution in [3.63, 3.8) is 0 Å². The molecule has 1 amide bonds. The van der Waals surface area contributed by atoms with Crippen LogP contribution in [-0.4, -0.2) is 35.4 Å². The zero-order valence-electron chi connectivity index (χ0n) is 10.5. The fourth-order valence-electron chi connectivity index (χ4n) is 1.45. The average Bonchev–Trinajstić information content (AvgIpc) is 2.63. The number of anilines is 1. The number of hydrogen-bond acceptors (Lipinski definition) is 4. The first kappa shape index (κ1) is 13.5. The summed E-state index contributed by atoms with van der Waals surface area (Å²) < 4.78 is 6.57. The predicted octanol–water partition coefficient (Wildman–Crippen LogP) is 0.253. The van der Waals surface area contributed by atoms with Crippen LogP contribution in [0, 0.1) is 5.92 Å². The standard InChI is InChI=1S/C11H20N4O2/c1-8(2)10(7-17-3)14-11(16)6-15-5-9(12)4-13-15/h4-5,8,10H,6-7,12H2,1-3H3,(H,14,16). The quantitative estimate of drug-likeness (QED) is 0.747. The van der Waals surface area contributed by atoms with E-state index in [9.17, 15) is 4.79 Å². The first-order valence-electron chi connectivity index (χ1n) is 5.59. The van der Waals surface area contributed by atoms with Gasteiger partial charge in [0.25, 0.3) is 0 Å². The Labute approximate surface area is 101 Å². The lowest BCUT2D eigenvalue weighted by Crippen LogP contribution is -2.43. The first-order valence-corrected chi connectivity index (χ1v) is 5.59. The van der Waals surface area contributed by atoms with Crippen LogP contribution in [0.2, 0.25) is 0 Å². The van der Waals surface area contributed by atoms with E-state index in [2.05, 4.69) is 10.4 Å². The van der Waals surface area contributed by atoms with Gasteiger partial charge in [0, 0.05) is 13.3 Å². The highest BCUT2D eigenvalue weighted by Gasteiger charge is 2.16. The molecule has 0 saturated heterocycles. The summed E-state index contributed by atoms with van der Waals surface area (Å²) in [5.74, 6) is 0.227. The minimum Gasteiger partial charge on any atom is -0.396 e. The molecule has 17 heavy (non-hydrogen) atoms. The van der Waals surface area contributed by atoms with Gasteiger partial charge in [0.05, 0.1) is 24.5 Å². The average molecular weight is 240 g/mol. The summed E-state index contributed by atoms with van der Waals surface area (Å²) in [6.45, 7) is 4.75. The third-order valence-corrected chi connectivity index (χ3v) is 2.46. The highest BCUT2D eigenvalue weighted by Crippen LogP contribution is 2.02. The molecule has 0 aromatic carbocycles. The third kappa shape index (κ3) is 4.44. The molecule has 1 rings (SSSR count). The Balaban J connectivity index is 2.47. The number of amides is 1. The fourth-order valence-corrected chi connectivity index (χ4v) is 1.45. The molecule has 1 aromatic rings. The van der Waals surface area contributed by atoms with Gasteiger partial charge >= 0.3 is 0 Å². The van der Waals surface area contributed by atoms with E-state index in [0.29, 0.717) is 18.2 Å². The summed E-state index contributed by atoms with van der Waals surface area (Å²) in [5.41, 5.74) is 6.07. The summed E-state index contributed by atoms with van der Waals surface area (Å²) in [6, 6.07) is 0.0143. The second-order valence-corrected chi connectivity index (χ2v) is 4.34. The van der Waals surface area contributed by atoms with Gasteiger partial charge in [-0.3, -0.25) is 9.48 Å². The van der Waals surface area contributed by atoms with E-state index in [-0.39, 0.29) is 18.5 Å². The normalized spacial score (nSPS) is 12.7. The molecule has 0 aliphatic carbocycles. The number of methoxy groups -OCH3 is 1. The molecular weight excluding hydrogens is 220 g/mol. The molecule has 1 aromatic heterocycles. The number of hydrogen-bond donors (Lipinski definition) is 2. The maximum absolute atomic E-state index is 11.7. The first-order chi connectivity index (χ1) is 8.02. The van der Waals surface area contributed by atoms with Crippen molar-refractivity contribution in [3.8, 4) is 0 Å². The van der Waals surface area contributed by atoms with Crippen LogP contribution < -0.4 is 11.1 Å². The molecule has 0 saturated carbocycles. The summed E-state index contributed by atoms with van der Waals surface area (Å²) in [6.07, 6.45) is 3.14. The molecule has 0 radical (unpaired) electrons. The van der Waals surface area contributed by atoms with Crippen molar-refractivity contribution in [1.82, 2.24) is 15.1 Å². The van der Waals surface area contributed by atoms with Crippen LogP contribution >= 0.6 is 0 Å². The number of carbonyl (C=O) groups excluding carboxylic acids is 1. The van der Waals surface area contributed by atoms with Crippen LogP contribution in [0.1, 0.15) is 13.8 Å². The molecule has 6 heteroatoms. The SMILES string of the molecule is COCC(NC(=O)Cn1cc(N)cn1)C(C)C. The zero-order valence-corrected chi connectivity index (χ0v) is 10.5. The monoisotopic (exact) mass is 240 g/mol. The van der Waals surface area contributed by atoms with E-state index in [0.717, 1.165) is 0 Å². The summed E-state index contributed by atoms with van der Waals surface area (Å²) in [5, 5.41) is 6.86. The van der Waals surface area contributed by atoms with Crippen molar-refractivity contribution < 1.29 is 9.53 Å². The molecule has 0 aliphatic rings. The highest BCUT2D eigenvalue weighted by atomic mass is 16.5. The van der Waals surface area contributed by atoms with Crippen LogP contribution in [0.15, 0.2) is 12.4 Å². The van der Waals surface area contributed by atoms with E-state index >= 15 is 0 Å². The van der Waals surface area contributed by atoms with Gasteiger partial charge in [-0.1, -0.05) is 13.8 Å². The largest absolute Gasteiger partial charge is 0.396 e. The Hall–Kier alpha value is -1.56. The number of ether oxygens (including phenoxy) is 1. The third-order valence-electron chi connectivity index (χ3n) is 2.46. The smallest absolute Gasteiger partial charge is 0.242 e. The van der Waals surface area contributed by atoms with Crippen LogP contribution in [0.3, 0.4) is 0 Å². The van der Waals surface area contributed by atoms with E-state index in [1.807, 2.05) is 13.8 Å². The number of nitrogen functional groups attached to an aromatic ring is 1. The minimum atomic E-state index is -0.0937. The molecule has 0 fully saturated rings. The topological polar surface area (TPSA) is 82.2 Å². The highest BCUT2D eigenvalue weighted by molar-refractivity contribution is 5.76. The molecule has 0 bridgehead atoms. The van der Waals surface area contributed by atoms with Gasteiger partial charge in [0.1, 0.15) is 6.54 Å². The maximum Gasteiger partial charge on any atom is 0.242 e. The predicted molar refractivity (Wildman–Crippen MR) is 65.3 cm³/mol. The Bertz CT molecular complexity index is 362. The van der Waals surface area contributed by atoms with Crippen LogP contribution in [0.5, 0.6) is 0 Å². The van der Waals surface area contributed by atoms with Crippen molar-refractivity contribution in [1.29, 1.82) is 0 Å². The van der Waals surface area contributed by atoms with Gasteiger partial charge in [-0.15, -0.1) is 0 Å². The second-order valence-electron chi connectivity index (χ2n) is 4.34. The number of nitrogens with zero attached hydrogens (tertiary/aromatic N) is 2. The summed E-state index contributed by atoms with van der Waals surface area (Å²) in [7, 11) is 1.62. The van der Waals surface area contributed by atoms with Gasteiger partial charge in [-0.25, -0.2) is 0 Å². The molecule has 0 spiro atoms. The Morgan fingerprint density at radius 3 is 2.82 bits per heavy atom. The number of nitrogens with two attached hydrogens (primary N) is 1. The van der Waals surface area contributed by atoms with E-state index in [1.54, 1.807) is 13.3 Å². The van der Waals surface area contributed by atoms with Gasteiger partial charge in [-0.2, -0.15) is 5.10 Å². The molecular formula is C11H20N4O2. The number of rotatable bonds is 6. The lowest BCUT2D eigenvalue weighted by molar-refractivity contribution is -0.123. The molecule has 0 aliphatic heterocycles. The molecule has 6 nitrogen and oxygen atoms in total. The minimum absolute atomic E-state index is 0.0143. The van der Waals surface area contributed by atoms with Crippen LogP contribution in [-0.2, 0) is 16.1 Å². The molecule has 96 valence electrons. The Morgan fingerprint density at radius 2 is 2.35 bits per heavy atom. The van der Waals surface area contributed by atoms with E-state index in [1.165, 1.54) is 10.9 Å². The molecule has 3 N–H and O–H groups in total. The molecule has 1 unspecified atom stereocenters. The Morgan fingerprint density at radius 1 is 1.65 bits per heavy atom. The van der Waals surface area contributed by atoms with Gasteiger partial charge < -0.3 is 15.8 Å². The lowest BCUT2D eigenvalue weighted by Gasteiger charge is -2.21. The second kappa shape index (κ2) is 6.24. The number of nitrogens with one attached hydrogen (secondary N) is 1. The van der Waals surface area contributed by atoms with Crippen LogP contribution in [0.4, 0.5) is 5.69 Å². The van der Waals surface area contributed by atoms with E-state index in [4.69, 9.17) is 10.5 Å². The zero-order chi connectivity index (χ0) is 12.8. The lowest BCUT2D eigenvalue weighted by atomic mass is 10.1. The van der Waals surface area contributed by atoms with E-state index < -0.39 is 0 Å². The Kier molecular flexibility index (Phi) is 4.96. The summed E-state index contributed by atoms with van der Waals surface area (Å²) in [4.78, 5) is 11.7. The maximum atomic E-state index is 11.7. The van der Waals surface area contributed by atoms with Crippen molar-refractivity contribution in [2.75, 3.05) is 19.5 Å². The molecule has 1 atom stereocenters. The fraction of sp³-hybridized carbons (Fsp3) is 0.636. The van der Waals surface area contributed by atoms with Crippen molar-refractivity contribution >= 4 is 11.6 Å². The summed E-state index contributed by atoms with van der Waals surface area (Å²) >= 11 is 0.